The van der Waals surface area contributed by atoms with E-state index in [0.717, 1.165) is 68.8 Å². The van der Waals surface area contributed by atoms with Gasteiger partial charge in [-0.05, 0) is 111 Å². The monoisotopic (exact) mass is 514 g/mol. The first kappa shape index (κ1) is 26.6. The van der Waals surface area contributed by atoms with Gasteiger partial charge in [-0.2, -0.15) is 0 Å². The zero-order valence-corrected chi connectivity index (χ0v) is 24.4. The second-order valence-corrected chi connectivity index (χ2v) is 15.0. The number of hydrogen-bond donors (Lipinski definition) is 0. The minimum atomic E-state index is -0.303. The summed E-state index contributed by atoms with van der Waals surface area (Å²) in [5.41, 5.74) is 0.818. The van der Waals surface area contributed by atoms with E-state index in [4.69, 9.17) is 14.2 Å². The Balaban J connectivity index is 1.12. The SMILES string of the molecule is CCCCCC(=O)O[C@@H]1CC[C@@]2(C)[C@H](CC[C@H]3[C@H]4C[C@@H]5O[C@]6(CC[C@@H](C)CO6)[C@@H](C)[C@@H]5[C@@]4(C)CC[C@@H]32)C1. The highest BCUT2D eigenvalue weighted by molar-refractivity contribution is 5.69. The summed E-state index contributed by atoms with van der Waals surface area (Å²) in [6.07, 6.45) is 16.8. The zero-order chi connectivity index (χ0) is 26.0. The Labute approximate surface area is 226 Å². The van der Waals surface area contributed by atoms with E-state index in [-0.39, 0.29) is 17.9 Å². The summed E-state index contributed by atoms with van der Waals surface area (Å²) < 4.78 is 19.5. The largest absolute Gasteiger partial charge is 0.462 e. The van der Waals surface area contributed by atoms with Gasteiger partial charge in [0.25, 0.3) is 0 Å². The van der Waals surface area contributed by atoms with Crippen LogP contribution in [0.1, 0.15) is 125 Å². The fraction of sp³-hybridized carbons (Fsp3) is 0.970. The van der Waals surface area contributed by atoms with Crippen LogP contribution in [0.25, 0.3) is 0 Å². The maximum absolute atomic E-state index is 12.4. The fourth-order valence-corrected chi connectivity index (χ4v) is 11.1. The lowest BCUT2D eigenvalue weighted by molar-refractivity contribution is -0.273. The smallest absolute Gasteiger partial charge is 0.306 e. The van der Waals surface area contributed by atoms with Crippen LogP contribution in [0.3, 0.4) is 0 Å². The van der Waals surface area contributed by atoms with Crippen molar-refractivity contribution in [2.75, 3.05) is 6.61 Å². The summed E-state index contributed by atoms with van der Waals surface area (Å²) in [6, 6.07) is 0. The van der Waals surface area contributed by atoms with Crippen molar-refractivity contribution < 1.29 is 19.0 Å². The van der Waals surface area contributed by atoms with Crippen molar-refractivity contribution in [2.24, 2.45) is 52.3 Å². The highest BCUT2D eigenvalue weighted by Crippen LogP contribution is 2.71. The summed E-state index contributed by atoms with van der Waals surface area (Å²) in [7, 11) is 0. The summed E-state index contributed by atoms with van der Waals surface area (Å²) in [6.45, 7) is 13.1. The molecule has 6 rings (SSSR count). The number of ether oxygens (including phenoxy) is 3. The third-order valence-corrected chi connectivity index (χ3v) is 13.2. The lowest BCUT2D eigenvalue weighted by Crippen LogP contribution is -2.55. The topological polar surface area (TPSA) is 44.8 Å². The molecule has 4 nitrogen and oxygen atoms in total. The van der Waals surface area contributed by atoms with Crippen molar-refractivity contribution in [3.63, 3.8) is 0 Å². The van der Waals surface area contributed by atoms with Gasteiger partial charge in [-0.3, -0.25) is 4.79 Å². The summed E-state index contributed by atoms with van der Waals surface area (Å²) in [4.78, 5) is 12.4. The van der Waals surface area contributed by atoms with Crippen LogP contribution in [0.15, 0.2) is 0 Å². The molecule has 12 atom stereocenters. The molecule has 0 aromatic heterocycles. The van der Waals surface area contributed by atoms with Crippen molar-refractivity contribution >= 4 is 5.97 Å². The molecule has 2 aliphatic heterocycles. The van der Waals surface area contributed by atoms with Crippen LogP contribution in [0.4, 0.5) is 0 Å². The number of esters is 1. The van der Waals surface area contributed by atoms with E-state index in [9.17, 15) is 4.79 Å². The maximum Gasteiger partial charge on any atom is 0.306 e. The van der Waals surface area contributed by atoms with Crippen molar-refractivity contribution in [2.45, 2.75) is 143 Å². The molecule has 0 unspecified atom stereocenters. The van der Waals surface area contributed by atoms with E-state index < -0.39 is 0 Å². The predicted octanol–water partition coefficient (Wildman–Crippen LogP) is 7.93. The molecule has 37 heavy (non-hydrogen) atoms. The minimum absolute atomic E-state index is 0.0463. The highest BCUT2D eigenvalue weighted by Gasteiger charge is 2.69. The Kier molecular flexibility index (Phi) is 7.04. The van der Waals surface area contributed by atoms with Gasteiger partial charge in [0.15, 0.2) is 5.79 Å². The van der Waals surface area contributed by atoms with E-state index in [2.05, 4.69) is 34.6 Å². The Morgan fingerprint density at radius 2 is 1.73 bits per heavy atom. The number of carbonyl (C=O) groups is 1. The molecular weight excluding hydrogens is 460 g/mol. The van der Waals surface area contributed by atoms with Crippen LogP contribution in [0.2, 0.25) is 0 Å². The molecule has 0 amide bonds. The van der Waals surface area contributed by atoms with Gasteiger partial charge in [-0.1, -0.05) is 47.5 Å². The van der Waals surface area contributed by atoms with Gasteiger partial charge in [0.05, 0.1) is 12.7 Å². The second kappa shape index (κ2) is 9.79. The number of carbonyl (C=O) groups excluding carboxylic acids is 1. The van der Waals surface area contributed by atoms with Gasteiger partial charge in [0, 0.05) is 18.8 Å². The lowest BCUT2D eigenvalue weighted by atomic mass is 9.44. The Hall–Kier alpha value is -0.610. The van der Waals surface area contributed by atoms with Crippen molar-refractivity contribution in [1.82, 2.24) is 0 Å². The third-order valence-electron chi connectivity index (χ3n) is 13.2. The van der Waals surface area contributed by atoms with Gasteiger partial charge in [-0.15, -0.1) is 0 Å². The van der Waals surface area contributed by atoms with E-state index in [0.29, 0.717) is 41.1 Å². The lowest BCUT2D eigenvalue weighted by Gasteiger charge is -2.61. The molecule has 0 N–H and O–H groups in total. The molecule has 6 aliphatic rings. The molecule has 6 fully saturated rings. The Morgan fingerprint density at radius 1 is 0.919 bits per heavy atom. The van der Waals surface area contributed by atoms with E-state index >= 15 is 0 Å². The number of rotatable bonds is 5. The minimum Gasteiger partial charge on any atom is -0.462 e. The molecule has 1 spiro atoms. The van der Waals surface area contributed by atoms with Gasteiger partial charge in [0.2, 0.25) is 0 Å². The first-order valence-electron chi connectivity index (χ1n) is 16.2. The van der Waals surface area contributed by atoms with Crippen LogP contribution in [0.5, 0.6) is 0 Å². The number of unbranched alkanes of at least 4 members (excludes halogenated alkanes) is 2. The second-order valence-electron chi connectivity index (χ2n) is 15.0. The molecule has 4 saturated carbocycles. The summed E-state index contributed by atoms with van der Waals surface area (Å²) in [5, 5.41) is 0. The van der Waals surface area contributed by atoms with Crippen LogP contribution in [-0.2, 0) is 19.0 Å². The Bertz CT molecular complexity index is 847. The average Bonchev–Trinajstić information content (AvgIpc) is 3.31. The summed E-state index contributed by atoms with van der Waals surface area (Å²) >= 11 is 0. The molecule has 4 aliphatic carbocycles. The van der Waals surface area contributed by atoms with E-state index in [1.54, 1.807) is 0 Å². The molecule has 4 heteroatoms. The molecule has 2 saturated heterocycles. The standard InChI is InChI=1S/C33H54O4/c1-6-7-8-9-29(34)36-24-13-15-31(4)23(18-24)10-11-25-26(31)14-16-32(5)27(25)19-28-30(32)22(3)33(37-28)17-12-21(2)20-35-33/h21-28,30H,6-20H2,1-5H3/t21-,22+,23-,24-,25-,26+,27-,28+,30+,31+,32+,33-/m1/s1. The van der Waals surface area contributed by atoms with Crippen molar-refractivity contribution in [1.29, 1.82) is 0 Å². The van der Waals surface area contributed by atoms with Gasteiger partial charge in [-0.25, -0.2) is 0 Å². The molecule has 0 aromatic carbocycles. The highest BCUT2D eigenvalue weighted by atomic mass is 16.7. The third kappa shape index (κ3) is 4.25. The average molecular weight is 515 g/mol. The van der Waals surface area contributed by atoms with Crippen molar-refractivity contribution in [3.05, 3.63) is 0 Å². The molecule has 0 bridgehead atoms. The van der Waals surface area contributed by atoms with Crippen LogP contribution in [-0.4, -0.2) is 30.6 Å². The zero-order valence-electron chi connectivity index (χ0n) is 24.4. The van der Waals surface area contributed by atoms with Crippen LogP contribution >= 0.6 is 0 Å². The molecule has 2 heterocycles. The number of hydrogen-bond acceptors (Lipinski definition) is 4. The first-order valence-corrected chi connectivity index (χ1v) is 16.2. The fourth-order valence-electron chi connectivity index (χ4n) is 11.1. The van der Waals surface area contributed by atoms with E-state index in [1.807, 2.05) is 0 Å². The molecule has 210 valence electrons. The number of fused-ring (bicyclic) bond motifs is 7. The van der Waals surface area contributed by atoms with Crippen molar-refractivity contribution in [3.8, 4) is 0 Å². The molecule has 0 aromatic rings. The molecular formula is C33H54O4. The van der Waals surface area contributed by atoms with Crippen LogP contribution < -0.4 is 0 Å². The van der Waals surface area contributed by atoms with E-state index in [1.165, 1.54) is 44.9 Å². The van der Waals surface area contributed by atoms with Gasteiger partial charge < -0.3 is 14.2 Å². The normalized spacial score (nSPS) is 52.7. The van der Waals surface area contributed by atoms with Gasteiger partial charge >= 0.3 is 5.97 Å². The van der Waals surface area contributed by atoms with Crippen LogP contribution in [0, 0.1) is 52.3 Å². The quantitative estimate of drug-likeness (QED) is 0.276. The molecule has 0 radical (unpaired) electrons. The predicted molar refractivity (Wildman–Crippen MR) is 146 cm³/mol. The Morgan fingerprint density at radius 3 is 2.49 bits per heavy atom. The van der Waals surface area contributed by atoms with Gasteiger partial charge in [0.1, 0.15) is 6.10 Å². The maximum atomic E-state index is 12.4. The first-order chi connectivity index (χ1) is 17.7. The summed E-state index contributed by atoms with van der Waals surface area (Å²) in [5.74, 6) is 4.76.